The van der Waals surface area contributed by atoms with Crippen LogP contribution in [0.1, 0.15) is 35.2 Å². The molecule has 0 aliphatic rings. The fraction of sp³-hybridized carbons (Fsp3) is 0.385. The van der Waals surface area contributed by atoms with Crippen LogP contribution in [0.15, 0.2) is 18.2 Å². The second kappa shape index (κ2) is 7.01. The van der Waals surface area contributed by atoms with Crippen LogP contribution in [0, 0.1) is 6.92 Å². The average Bonchev–Trinajstić information content (AvgIpc) is 2.31. The molecule has 0 atom stereocenters. The highest BCUT2D eigenvalue weighted by molar-refractivity contribution is 6.34. The molecule has 18 heavy (non-hydrogen) atoms. The van der Waals surface area contributed by atoms with E-state index in [2.05, 4.69) is 5.32 Å². The van der Waals surface area contributed by atoms with E-state index < -0.39 is 0 Å². The van der Waals surface area contributed by atoms with Crippen molar-refractivity contribution in [2.75, 3.05) is 6.54 Å². The topological polar surface area (TPSA) is 72.2 Å². The molecule has 0 bridgehead atoms. The van der Waals surface area contributed by atoms with Gasteiger partial charge in [0.25, 0.3) is 5.91 Å². The number of hydrogen-bond acceptors (Lipinski definition) is 2. The predicted molar refractivity (Wildman–Crippen MR) is 71.6 cm³/mol. The fourth-order valence-corrected chi connectivity index (χ4v) is 1.76. The highest BCUT2D eigenvalue weighted by Gasteiger charge is 2.10. The molecule has 0 spiro atoms. The first kappa shape index (κ1) is 14.5. The third kappa shape index (κ3) is 4.37. The summed E-state index contributed by atoms with van der Waals surface area (Å²) in [4.78, 5) is 22.3. The second-order valence-electron chi connectivity index (χ2n) is 4.12. The summed E-state index contributed by atoms with van der Waals surface area (Å²) in [6.45, 7) is 2.36. The summed E-state index contributed by atoms with van der Waals surface area (Å²) >= 11 is 6.05. The molecule has 0 aromatic heterocycles. The van der Waals surface area contributed by atoms with Gasteiger partial charge in [-0.25, -0.2) is 0 Å². The Balaban J connectivity index is 2.41. The molecule has 4 nitrogen and oxygen atoms in total. The lowest BCUT2D eigenvalue weighted by molar-refractivity contribution is -0.118. The number of rotatable bonds is 6. The first-order valence-corrected chi connectivity index (χ1v) is 6.21. The zero-order chi connectivity index (χ0) is 13.5. The maximum absolute atomic E-state index is 11.8. The number of nitrogens with two attached hydrogens (primary N) is 1. The van der Waals surface area contributed by atoms with E-state index in [0.29, 0.717) is 30.0 Å². The molecule has 0 saturated carbocycles. The van der Waals surface area contributed by atoms with Crippen molar-refractivity contribution in [3.05, 3.63) is 34.3 Å². The molecule has 0 saturated heterocycles. The van der Waals surface area contributed by atoms with E-state index in [1.54, 1.807) is 12.1 Å². The molecule has 5 heteroatoms. The Morgan fingerprint density at radius 1 is 1.33 bits per heavy atom. The van der Waals surface area contributed by atoms with Crippen LogP contribution >= 0.6 is 11.6 Å². The van der Waals surface area contributed by atoms with Crippen molar-refractivity contribution < 1.29 is 9.59 Å². The Hall–Kier alpha value is -1.55. The molecule has 1 aromatic carbocycles. The van der Waals surface area contributed by atoms with Crippen LogP contribution in [0.5, 0.6) is 0 Å². The van der Waals surface area contributed by atoms with Crippen LogP contribution in [0.2, 0.25) is 5.02 Å². The lowest BCUT2D eigenvalue weighted by Gasteiger charge is -2.07. The summed E-state index contributed by atoms with van der Waals surface area (Å²) in [6, 6.07) is 5.34. The predicted octanol–water partition coefficient (Wildman–Crippen LogP) is 2.03. The SMILES string of the molecule is Cc1cccc(C(=O)NCCCCC(N)=O)c1Cl. The number of halogens is 1. The summed E-state index contributed by atoms with van der Waals surface area (Å²) in [5, 5.41) is 3.24. The Morgan fingerprint density at radius 2 is 2.06 bits per heavy atom. The van der Waals surface area contributed by atoms with E-state index >= 15 is 0 Å². The van der Waals surface area contributed by atoms with E-state index in [1.165, 1.54) is 0 Å². The first-order chi connectivity index (χ1) is 8.52. The van der Waals surface area contributed by atoms with Crippen molar-refractivity contribution >= 4 is 23.4 Å². The van der Waals surface area contributed by atoms with Gasteiger partial charge >= 0.3 is 0 Å². The molecule has 98 valence electrons. The number of nitrogens with one attached hydrogen (secondary N) is 1. The Morgan fingerprint density at radius 3 is 2.72 bits per heavy atom. The van der Waals surface area contributed by atoms with E-state index in [-0.39, 0.29) is 11.8 Å². The lowest BCUT2D eigenvalue weighted by Crippen LogP contribution is -2.25. The molecule has 2 amide bonds. The molecule has 0 radical (unpaired) electrons. The number of primary amides is 1. The molecule has 0 unspecified atom stereocenters. The van der Waals surface area contributed by atoms with Crippen molar-refractivity contribution in [3.63, 3.8) is 0 Å². The molecule has 1 rings (SSSR count). The van der Waals surface area contributed by atoms with Gasteiger partial charge in [0.15, 0.2) is 0 Å². The van der Waals surface area contributed by atoms with Gasteiger partial charge in [-0.3, -0.25) is 9.59 Å². The molecule has 0 aliphatic heterocycles. The highest BCUT2D eigenvalue weighted by atomic mass is 35.5. The third-order valence-electron chi connectivity index (χ3n) is 2.57. The Bertz CT molecular complexity index is 447. The number of benzene rings is 1. The largest absolute Gasteiger partial charge is 0.370 e. The van der Waals surface area contributed by atoms with Gasteiger partial charge < -0.3 is 11.1 Å². The smallest absolute Gasteiger partial charge is 0.252 e. The molecular formula is C13H17ClN2O2. The van der Waals surface area contributed by atoms with E-state index in [4.69, 9.17) is 17.3 Å². The summed E-state index contributed by atoms with van der Waals surface area (Å²) in [7, 11) is 0. The van der Waals surface area contributed by atoms with Gasteiger partial charge in [-0.05, 0) is 31.4 Å². The van der Waals surface area contributed by atoms with Crippen molar-refractivity contribution in [1.82, 2.24) is 5.32 Å². The van der Waals surface area contributed by atoms with Crippen LogP contribution in [0.4, 0.5) is 0 Å². The minimum atomic E-state index is -0.317. The van der Waals surface area contributed by atoms with Gasteiger partial charge in [-0.15, -0.1) is 0 Å². The minimum Gasteiger partial charge on any atom is -0.370 e. The molecular weight excluding hydrogens is 252 g/mol. The quantitative estimate of drug-likeness (QED) is 0.775. The van der Waals surface area contributed by atoms with Crippen LogP contribution < -0.4 is 11.1 Å². The van der Waals surface area contributed by atoms with Crippen molar-refractivity contribution in [2.45, 2.75) is 26.2 Å². The van der Waals surface area contributed by atoms with Crippen molar-refractivity contribution in [1.29, 1.82) is 0 Å². The molecule has 0 heterocycles. The Kier molecular flexibility index (Phi) is 5.65. The zero-order valence-corrected chi connectivity index (χ0v) is 11.1. The monoisotopic (exact) mass is 268 g/mol. The van der Waals surface area contributed by atoms with Gasteiger partial charge in [0.05, 0.1) is 10.6 Å². The number of amides is 2. The standard InChI is InChI=1S/C13H17ClN2O2/c1-9-5-4-6-10(12(9)14)13(18)16-8-3-2-7-11(15)17/h4-6H,2-3,7-8H2,1H3,(H2,15,17)(H,16,18). The maximum Gasteiger partial charge on any atom is 0.252 e. The normalized spacial score (nSPS) is 10.1. The lowest BCUT2D eigenvalue weighted by atomic mass is 10.1. The van der Waals surface area contributed by atoms with Crippen LogP contribution in [-0.4, -0.2) is 18.4 Å². The molecule has 0 aliphatic carbocycles. The summed E-state index contributed by atoms with van der Waals surface area (Å²) in [5.74, 6) is -0.508. The van der Waals surface area contributed by atoms with Gasteiger partial charge in [0.1, 0.15) is 0 Å². The number of aryl methyl sites for hydroxylation is 1. The van der Waals surface area contributed by atoms with E-state index in [0.717, 1.165) is 12.0 Å². The summed E-state index contributed by atoms with van der Waals surface area (Å²) < 4.78 is 0. The van der Waals surface area contributed by atoms with Crippen molar-refractivity contribution in [2.24, 2.45) is 5.73 Å². The van der Waals surface area contributed by atoms with E-state index in [9.17, 15) is 9.59 Å². The summed E-state index contributed by atoms with van der Waals surface area (Å²) in [6.07, 6.45) is 1.75. The molecule has 1 aromatic rings. The van der Waals surface area contributed by atoms with Crippen LogP contribution in [0.25, 0.3) is 0 Å². The van der Waals surface area contributed by atoms with E-state index in [1.807, 2.05) is 13.0 Å². The third-order valence-corrected chi connectivity index (χ3v) is 3.07. The molecule has 0 fully saturated rings. The second-order valence-corrected chi connectivity index (χ2v) is 4.49. The number of unbranched alkanes of at least 4 members (excludes halogenated alkanes) is 1. The number of hydrogen-bond donors (Lipinski definition) is 2. The molecule has 3 N–H and O–H groups in total. The highest BCUT2D eigenvalue weighted by Crippen LogP contribution is 2.19. The fourth-order valence-electron chi connectivity index (χ4n) is 1.54. The van der Waals surface area contributed by atoms with Crippen LogP contribution in [0.3, 0.4) is 0 Å². The van der Waals surface area contributed by atoms with Crippen molar-refractivity contribution in [3.8, 4) is 0 Å². The Labute approximate surface area is 112 Å². The van der Waals surface area contributed by atoms with Gasteiger partial charge in [0.2, 0.25) is 5.91 Å². The average molecular weight is 269 g/mol. The maximum atomic E-state index is 11.8. The van der Waals surface area contributed by atoms with Gasteiger partial charge in [-0.2, -0.15) is 0 Å². The summed E-state index contributed by atoms with van der Waals surface area (Å²) in [5.41, 5.74) is 6.37. The zero-order valence-electron chi connectivity index (χ0n) is 10.3. The number of carbonyl (C=O) groups excluding carboxylic acids is 2. The van der Waals surface area contributed by atoms with Crippen LogP contribution in [-0.2, 0) is 4.79 Å². The first-order valence-electron chi connectivity index (χ1n) is 5.84. The van der Waals surface area contributed by atoms with Gasteiger partial charge in [0, 0.05) is 13.0 Å². The number of carbonyl (C=O) groups is 2. The minimum absolute atomic E-state index is 0.192. The van der Waals surface area contributed by atoms with Gasteiger partial charge in [-0.1, -0.05) is 23.7 Å².